The van der Waals surface area contributed by atoms with Crippen molar-refractivity contribution in [3.63, 3.8) is 0 Å². The molecule has 3 rings (SSSR count). The normalized spacial score (nSPS) is 11.8. The molecule has 2 heterocycles. The van der Waals surface area contributed by atoms with Crippen molar-refractivity contribution in [3.8, 4) is 0 Å². The second-order valence-corrected chi connectivity index (χ2v) is 8.30. The molecule has 6 nitrogen and oxygen atoms in total. The summed E-state index contributed by atoms with van der Waals surface area (Å²) in [5.41, 5.74) is -0.649. The highest BCUT2D eigenvalue weighted by molar-refractivity contribution is 7.92. The maximum atomic E-state index is 13.1. The standard InChI is InChI=1S/C14H11ClFN3O3S2/c1-7-6-19-13(20)12(8(2)17-14(19)23-7)24(21,22)18-11-4-3-9(16)5-10(11)15/h3-6,18H,1-2H3. The van der Waals surface area contributed by atoms with Crippen molar-refractivity contribution in [1.29, 1.82) is 0 Å². The van der Waals surface area contributed by atoms with Crippen LogP contribution in [0.3, 0.4) is 0 Å². The Morgan fingerprint density at radius 3 is 2.71 bits per heavy atom. The fourth-order valence-corrected chi connectivity index (χ4v) is 4.68. The molecule has 0 aliphatic rings. The van der Waals surface area contributed by atoms with Gasteiger partial charge in [0.05, 0.1) is 16.4 Å². The van der Waals surface area contributed by atoms with E-state index in [9.17, 15) is 17.6 Å². The zero-order chi connectivity index (χ0) is 17.6. The predicted molar refractivity (Wildman–Crippen MR) is 91.0 cm³/mol. The Morgan fingerprint density at radius 1 is 1.33 bits per heavy atom. The summed E-state index contributed by atoms with van der Waals surface area (Å²) in [4.78, 5) is 17.5. The molecule has 24 heavy (non-hydrogen) atoms. The molecule has 0 radical (unpaired) electrons. The molecule has 126 valence electrons. The van der Waals surface area contributed by atoms with Crippen molar-refractivity contribution in [3.05, 3.63) is 56.2 Å². The zero-order valence-corrected chi connectivity index (χ0v) is 14.9. The van der Waals surface area contributed by atoms with Crippen LogP contribution in [0.5, 0.6) is 0 Å². The minimum atomic E-state index is -4.24. The molecule has 1 aromatic carbocycles. The van der Waals surface area contributed by atoms with Gasteiger partial charge in [-0.1, -0.05) is 11.6 Å². The molecule has 0 bridgehead atoms. The van der Waals surface area contributed by atoms with Crippen LogP contribution in [0.15, 0.2) is 34.1 Å². The first-order chi connectivity index (χ1) is 11.2. The van der Waals surface area contributed by atoms with Crippen LogP contribution in [0, 0.1) is 19.7 Å². The average molecular weight is 388 g/mol. The van der Waals surface area contributed by atoms with Crippen molar-refractivity contribution in [1.82, 2.24) is 9.38 Å². The van der Waals surface area contributed by atoms with Crippen LogP contribution in [0.2, 0.25) is 5.02 Å². The maximum absolute atomic E-state index is 13.1. The number of rotatable bonds is 3. The number of hydrogen-bond donors (Lipinski definition) is 1. The van der Waals surface area contributed by atoms with Crippen LogP contribution in [-0.4, -0.2) is 17.8 Å². The molecule has 0 aliphatic carbocycles. The van der Waals surface area contributed by atoms with Gasteiger partial charge in [-0.15, -0.1) is 11.3 Å². The highest BCUT2D eigenvalue weighted by atomic mass is 35.5. The fraction of sp³-hybridized carbons (Fsp3) is 0.143. The summed E-state index contributed by atoms with van der Waals surface area (Å²) in [5, 5.41) is -0.114. The van der Waals surface area contributed by atoms with E-state index in [-0.39, 0.29) is 16.4 Å². The number of anilines is 1. The van der Waals surface area contributed by atoms with E-state index < -0.39 is 26.3 Å². The Morgan fingerprint density at radius 2 is 2.04 bits per heavy atom. The SMILES string of the molecule is Cc1cn2c(=O)c(S(=O)(=O)Nc3ccc(F)cc3Cl)c(C)nc2s1. The largest absolute Gasteiger partial charge is 0.279 e. The van der Waals surface area contributed by atoms with Crippen LogP contribution in [-0.2, 0) is 10.0 Å². The van der Waals surface area contributed by atoms with E-state index in [1.54, 1.807) is 6.92 Å². The highest BCUT2D eigenvalue weighted by Gasteiger charge is 2.25. The fourth-order valence-electron chi connectivity index (χ4n) is 2.21. The van der Waals surface area contributed by atoms with Gasteiger partial charge in [-0.2, -0.15) is 0 Å². The first-order valence-corrected chi connectivity index (χ1v) is 9.34. The Labute approximate surface area is 145 Å². The topological polar surface area (TPSA) is 80.5 Å². The molecule has 1 N–H and O–H groups in total. The monoisotopic (exact) mass is 387 g/mol. The third kappa shape index (κ3) is 2.90. The number of thiazole rings is 1. The van der Waals surface area contributed by atoms with Gasteiger partial charge >= 0.3 is 0 Å². The van der Waals surface area contributed by atoms with E-state index in [2.05, 4.69) is 9.71 Å². The Kier molecular flexibility index (Phi) is 4.10. The average Bonchev–Trinajstić information content (AvgIpc) is 2.82. The van der Waals surface area contributed by atoms with Gasteiger partial charge in [0.2, 0.25) is 0 Å². The number of aryl methyl sites for hydroxylation is 2. The van der Waals surface area contributed by atoms with Crippen molar-refractivity contribution < 1.29 is 12.8 Å². The Bertz CT molecular complexity index is 1120. The Hall–Kier alpha value is -1.97. The lowest BCUT2D eigenvalue weighted by molar-refractivity contribution is 0.598. The van der Waals surface area contributed by atoms with Gasteiger partial charge in [0.1, 0.15) is 5.82 Å². The van der Waals surface area contributed by atoms with Crippen LogP contribution in [0.1, 0.15) is 10.6 Å². The van der Waals surface area contributed by atoms with Gasteiger partial charge in [-0.05, 0) is 32.0 Å². The summed E-state index contributed by atoms with van der Waals surface area (Å²) < 4.78 is 41.7. The molecule has 10 heteroatoms. The van der Waals surface area contributed by atoms with Gasteiger partial charge in [0.25, 0.3) is 15.6 Å². The van der Waals surface area contributed by atoms with Gasteiger partial charge < -0.3 is 0 Å². The summed E-state index contributed by atoms with van der Waals surface area (Å²) in [6, 6.07) is 3.22. The molecule has 0 amide bonds. The predicted octanol–water partition coefficient (Wildman–Crippen LogP) is 2.97. The van der Waals surface area contributed by atoms with E-state index in [1.807, 2.05) is 0 Å². The lowest BCUT2D eigenvalue weighted by atomic mass is 10.3. The van der Waals surface area contributed by atoms with Gasteiger partial charge in [0, 0.05) is 11.1 Å². The molecule has 0 atom stereocenters. The first-order valence-electron chi connectivity index (χ1n) is 6.66. The van der Waals surface area contributed by atoms with Crippen molar-refractivity contribution in [2.75, 3.05) is 4.72 Å². The van der Waals surface area contributed by atoms with E-state index in [0.717, 1.165) is 17.0 Å². The zero-order valence-electron chi connectivity index (χ0n) is 12.5. The third-order valence-electron chi connectivity index (χ3n) is 3.22. The number of sulfonamides is 1. The molecule has 0 saturated carbocycles. The quantitative estimate of drug-likeness (QED) is 0.749. The van der Waals surface area contributed by atoms with E-state index in [4.69, 9.17) is 11.6 Å². The van der Waals surface area contributed by atoms with E-state index in [1.165, 1.54) is 34.9 Å². The molecule has 0 fully saturated rings. The van der Waals surface area contributed by atoms with Gasteiger partial charge in [0.15, 0.2) is 9.86 Å². The summed E-state index contributed by atoms with van der Waals surface area (Å²) in [6.45, 7) is 3.23. The van der Waals surface area contributed by atoms with Crippen LogP contribution in [0.25, 0.3) is 4.96 Å². The molecule has 0 spiro atoms. The smallest absolute Gasteiger partial charge is 0.278 e. The van der Waals surface area contributed by atoms with Crippen LogP contribution < -0.4 is 10.3 Å². The summed E-state index contributed by atoms with van der Waals surface area (Å²) >= 11 is 7.12. The molecule has 3 aromatic rings. The highest BCUT2D eigenvalue weighted by Crippen LogP contribution is 2.25. The molecule has 0 unspecified atom stereocenters. The van der Waals surface area contributed by atoms with Gasteiger partial charge in [-0.3, -0.25) is 13.9 Å². The van der Waals surface area contributed by atoms with Crippen molar-refractivity contribution in [2.24, 2.45) is 0 Å². The summed E-state index contributed by atoms with van der Waals surface area (Å²) in [6.07, 6.45) is 1.53. The van der Waals surface area contributed by atoms with Gasteiger partial charge in [-0.25, -0.2) is 17.8 Å². The minimum Gasteiger partial charge on any atom is -0.278 e. The number of nitrogens with zero attached hydrogens (tertiary/aromatic N) is 2. The van der Waals surface area contributed by atoms with Crippen LogP contribution in [0.4, 0.5) is 10.1 Å². The first kappa shape index (κ1) is 16.9. The van der Waals surface area contributed by atoms with Crippen molar-refractivity contribution >= 4 is 43.6 Å². The number of aromatic nitrogens is 2. The number of halogens is 2. The van der Waals surface area contributed by atoms with Crippen molar-refractivity contribution in [2.45, 2.75) is 18.7 Å². The van der Waals surface area contributed by atoms with Crippen LogP contribution >= 0.6 is 22.9 Å². The van der Waals surface area contributed by atoms with E-state index >= 15 is 0 Å². The number of hydrogen-bond acceptors (Lipinski definition) is 5. The second kappa shape index (κ2) is 5.83. The third-order valence-corrected chi connectivity index (χ3v) is 5.93. The summed E-state index contributed by atoms with van der Waals surface area (Å²) in [5.74, 6) is -0.601. The number of nitrogens with one attached hydrogen (secondary N) is 1. The minimum absolute atomic E-state index is 0.0246. The number of fused-ring (bicyclic) bond motifs is 1. The molecule has 2 aromatic heterocycles. The molecular formula is C14H11ClFN3O3S2. The second-order valence-electron chi connectivity index (χ2n) is 5.06. The van der Waals surface area contributed by atoms with E-state index in [0.29, 0.717) is 4.96 Å². The Balaban J connectivity index is 2.16. The number of benzene rings is 1. The molecule has 0 saturated heterocycles. The maximum Gasteiger partial charge on any atom is 0.279 e. The summed E-state index contributed by atoms with van der Waals surface area (Å²) in [7, 11) is -4.24. The molecule has 0 aliphatic heterocycles. The molecular weight excluding hydrogens is 377 g/mol. The lowest BCUT2D eigenvalue weighted by Crippen LogP contribution is -2.27. The lowest BCUT2D eigenvalue weighted by Gasteiger charge is -2.11.